The van der Waals surface area contributed by atoms with Gasteiger partial charge in [0.05, 0.1) is 24.6 Å². The number of rotatable bonds is 15. The summed E-state index contributed by atoms with van der Waals surface area (Å²) in [6, 6.07) is 16.0. The monoisotopic (exact) mass is 765 g/mol. The van der Waals surface area contributed by atoms with Crippen molar-refractivity contribution < 1.29 is 38.8 Å². The van der Waals surface area contributed by atoms with E-state index in [-0.39, 0.29) is 40.0 Å². The number of hydrogen-bond acceptors (Lipinski definition) is 10. The highest BCUT2D eigenvalue weighted by atomic mass is 35.5. The van der Waals surface area contributed by atoms with Crippen molar-refractivity contribution in [2.45, 2.75) is 56.7 Å². The van der Waals surface area contributed by atoms with Gasteiger partial charge >= 0.3 is 5.97 Å². The third-order valence-corrected chi connectivity index (χ3v) is 12.1. The van der Waals surface area contributed by atoms with Gasteiger partial charge in [-0.25, -0.2) is 4.79 Å². The standard InChI is InChI=1S/C39H41Cl2N3O7S/c1-49-33-10-9-26(15-34(33)50-22-23-7-8-23)28(17-30-31(40)19-44(48)20-32(30)41)29-16-27(52-37(29)38(45)46)18-42-36(25-5-3-2-4-6-25)39(47)51-35-21-43-13-11-24(35)12-14-43/h2-6,9-10,15-16,19-20,23-24,28,35-36,42H,7-8,11-14,17-18,21-22H2,1H3,(H-,45,46,48)/t28?,35-,36?/m0/s1. The molecule has 4 aliphatic rings. The molecule has 2 aromatic heterocycles. The second-order valence-electron chi connectivity index (χ2n) is 13.9. The summed E-state index contributed by atoms with van der Waals surface area (Å²) in [6.07, 6.45) is 6.99. The molecule has 3 aliphatic heterocycles. The van der Waals surface area contributed by atoms with Crippen LogP contribution in [0.25, 0.3) is 0 Å². The zero-order valence-corrected chi connectivity index (χ0v) is 31.1. The molecule has 0 amide bonds. The average Bonchev–Trinajstić information content (AvgIpc) is 3.88. The molecule has 3 saturated heterocycles. The van der Waals surface area contributed by atoms with Crippen LogP contribution in [0.2, 0.25) is 10.0 Å². The number of nitrogens with zero attached hydrogens (tertiary/aromatic N) is 2. The Bertz CT molecular complexity index is 1890. The minimum absolute atomic E-state index is 0.0459. The van der Waals surface area contributed by atoms with Gasteiger partial charge in [0.2, 0.25) is 12.4 Å². The molecule has 274 valence electrons. The van der Waals surface area contributed by atoms with E-state index in [1.807, 2.05) is 48.5 Å². The predicted molar refractivity (Wildman–Crippen MR) is 194 cm³/mol. The number of carbonyl (C=O) groups is 2. The quantitative estimate of drug-likeness (QED) is 0.0907. The molecule has 1 saturated carbocycles. The number of carboxylic acid groups (broad SMARTS) is 1. The molecule has 0 radical (unpaired) electrons. The third kappa shape index (κ3) is 8.34. The topological polar surface area (TPSA) is 124 Å². The highest BCUT2D eigenvalue weighted by Gasteiger charge is 2.38. The zero-order valence-electron chi connectivity index (χ0n) is 28.8. The lowest BCUT2D eigenvalue weighted by Gasteiger charge is -2.44. The lowest BCUT2D eigenvalue weighted by Crippen LogP contribution is -2.52. The van der Waals surface area contributed by atoms with Gasteiger partial charge in [0.15, 0.2) is 11.5 Å². The molecule has 2 unspecified atom stereocenters. The Kier molecular flexibility index (Phi) is 11.2. The van der Waals surface area contributed by atoms with Crippen molar-refractivity contribution in [2.75, 3.05) is 33.4 Å². The molecule has 2 bridgehead atoms. The SMILES string of the molecule is COc1ccc(C(Cc2c(Cl)c[n+](O)cc2Cl)c2cc(CNC(C(=O)O[C@H]3CN4CCC3CC4)c3ccccc3)sc2C(=O)[O-])cc1OCC1CC1. The number of halogens is 2. The first-order chi connectivity index (χ1) is 25.2. The van der Waals surface area contributed by atoms with Crippen LogP contribution < -0.4 is 24.6 Å². The van der Waals surface area contributed by atoms with Gasteiger partial charge < -0.3 is 24.1 Å². The number of nitrogens with one attached hydrogen (secondary N) is 1. The number of ether oxygens (including phenoxy) is 3. The number of pyridine rings is 1. The first-order valence-electron chi connectivity index (χ1n) is 17.6. The number of hydrogen-bond donors (Lipinski definition) is 2. The molecule has 13 heteroatoms. The minimum Gasteiger partial charge on any atom is -0.544 e. The molecular formula is C39H41Cl2N3O7S. The Hall–Kier alpha value is -3.87. The van der Waals surface area contributed by atoms with Crippen LogP contribution in [0.3, 0.4) is 0 Å². The molecular weight excluding hydrogens is 725 g/mol. The summed E-state index contributed by atoms with van der Waals surface area (Å²) in [4.78, 5) is 29.6. The molecule has 3 atom stereocenters. The fraction of sp³-hybridized carbons (Fsp3) is 0.410. The van der Waals surface area contributed by atoms with Gasteiger partial charge in [-0.2, -0.15) is 0 Å². The van der Waals surface area contributed by atoms with Crippen molar-refractivity contribution >= 4 is 46.5 Å². The number of aromatic nitrogens is 1. The summed E-state index contributed by atoms with van der Waals surface area (Å²) >= 11 is 14.3. The Morgan fingerprint density at radius 2 is 1.75 bits per heavy atom. The predicted octanol–water partition coefficient (Wildman–Crippen LogP) is 5.58. The number of benzene rings is 2. The van der Waals surface area contributed by atoms with Crippen LogP contribution in [0.1, 0.15) is 74.4 Å². The molecule has 4 fully saturated rings. The first-order valence-corrected chi connectivity index (χ1v) is 19.2. The average molecular weight is 767 g/mol. The molecule has 4 aromatic rings. The van der Waals surface area contributed by atoms with Gasteiger partial charge in [0, 0.05) is 34.2 Å². The number of esters is 1. The number of carbonyl (C=O) groups excluding carboxylic acids is 2. The molecule has 5 heterocycles. The Morgan fingerprint density at radius 3 is 2.38 bits per heavy atom. The molecule has 1 aliphatic carbocycles. The van der Waals surface area contributed by atoms with Crippen LogP contribution >= 0.6 is 34.5 Å². The highest BCUT2D eigenvalue weighted by Crippen LogP contribution is 2.42. The summed E-state index contributed by atoms with van der Waals surface area (Å²) in [5.74, 6) is -0.272. The van der Waals surface area contributed by atoms with Crippen LogP contribution in [0.4, 0.5) is 0 Å². The van der Waals surface area contributed by atoms with Crippen molar-refractivity contribution in [3.05, 3.63) is 109 Å². The number of fused-ring (bicyclic) bond motifs is 3. The van der Waals surface area contributed by atoms with Gasteiger partial charge in [-0.15, -0.1) is 11.3 Å². The normalized spacial score (nSPS) is 20.6. The van der Waals surface area contributed by atoms with Gasteiger partial charge in [-0.1, -0.05) is 59.6 Å². The summed E-state index contributed by atoms with van der Waals surface area (Å²) < 4.78 is 18.7. The van der Waals surface area contributed by atoms with E-state index in [0.29, 0.717) is 45.9 Å². The zero-order chi connectivity index (χ0) is 36.4. The highest BCUT2D eigenvalue weighted by molar-refractivity contribution is 7.14. The summed E-state index contributed by atoms with van der Waals surface area (Å²) in [7, 11) is 1.58. The van der Waals surface area contributed by atoms with Crippen molar-refractivity contribution in [3.63, 3.8) is 0 Å². The number of thiophene rings is 1. The maximum absolute atomic E-state index is 13.8. The second kappa shape index (κ2) is 16.0. The lowest BCUT2D eigenvalue weighted by molar-refractivity contribution is -0.904. The fourth-order valence-corrected chi connectivity index (χ4v) is 8.88. The number of methoxy groups -OCH3 is 1. The number of carboxylic acids is 1. The van der Waals surface area contributed by atoms with Gasteiger partial charge in [-0.3, -0.25) is 15.4 Å². The second-order valence-corrected chi connectivity index (χ2v) is 15.8. The van der Waals surface area contributed by atoms with Crippen molar-refractivity contribution in [1.82, 2.24) is 10.2 Å². The van der Waals surface area contributed by atoms with Crippen LogP contribution in [-0.2, 0) is 22.5 Å². The fourth-order valence-electron chi connectivity index (χ4n) is 7.27. The van der Waals surface area contributed by atoms with Crippen LogP contribution in [-0.4, -0.2) is 61.5 Å². The van der Waals surface area contributed by atoms with Crippen LogP contribution in [0.15, 0.2) is 67.0 Å². The van der Waals surface area contributed by atoms with E-state index in [0.717, 1.165) is 72.5 Å². The third-order valence-electron chi connectivity index (χ3n) is 10.3. The van der Waals surface area contributed by atoms with Gasteiger partial charge in [-0.05, 0) is 91.9 Å². The van der Waals surface area contributed by atoms with E-state index in [9.17, 15) is 19.9 Å². The minimum atomic E-state index is -1.32. The molecule has 2 aromatic carbocycles. The van der Waals surface area contributed by atoms with Crippen molar-refractivity contribution in [2.24, 2.45) is 11.8 Å². The van der Waals surface area contributed by atoms with Gasteiger partial charge in [0.25, 0.3) is 0 Å². The number of piperidine rings is 3. The first kappa shape index (κ1) is 36.5. The Balaban J connectivity index is 1.20. The Morgan fingerprint density at radius 1 is 1.02 bits per heavy atom. The molecule has 0 spiro atoms. The smallest absolute Gasteiger partial charge is 0.328 e. The van der Waals surface area contributed by atoms with E-state index in [2.05, 4.69) is 10.2 Å². The van der Waals surface area contributed by atoms with Crippen molar-refractivity contribution in [3.8, 4) is 11.5 Å². The van der Waals surface area contributed by atoms with Gasteiger partial charge in [0.1, 0.15) is 22.2 Å². The largest absolute Gasteiger partial charge is 0.544 e. The van der Waals surface area contributed by atoms with Crippen molar-refractivity contribution in [1.29, 1.82) is 0 Å². The lowest BCUT2D eigenvalue weighted by atomic mass is 9.85. The maximum atomic E-state index is 13.8. The van der Waals surface area contributed by atoms with Crippen LogP contribution in [0.5, 0.6) is 11.5 Å². The molecule has 52 heavy (non-hydrogen) atoms. The number of aromatic carboxylic acids is 1. The molecule has 10 nitrogen and oxygen atoms in total. The van der Waals surface area contributed by atoms with E-state index in [4.69, 9.17) is 37.4 Å². The van der Waals surface area contributed by atoms with E-state index in [1.54, 1.807) is 13.2 Å². The van der Waals surface area contributed by atoms with E-state index in [1.165, 1.54) is 12.4 Å². The van der Waals surface area contributed by atoms with E-state index < -0.39 is 17.9 Å². The Labute approximate surface area is 316 Å². The molecule has 8 rings (SSSR count). The van der Waals surface area contributed by atoms with E-state index >= 15 is 0 Å². The maximum Gasteiger partial charge on any atom is 0.328 e. The summed E-state index contributed by atoms with van der Waals surface area (Å²) in [5, 5.41) is 26.6. The van der Waals surface area contributed by atoms with Crippen LogP contribution in [0, 0.1) is 11.8 Å². The summed E-state index contributed by atoms with van der Waals surface area (Å²) in [6.45, 7) is 3.58. The molecule has 2 N–H and O–H groups in total. The summed E-state index contributed by atoms with van der Waals surface area (Å²) in [5.41, 5.74) is 2.54.